The molecule has 2 aromatic heterocycles. The number of thioether (sulfide) groups is 1. The topological polar surface area (TPSA) is 179 Å². The van der Waals surface area contributed by atoms with Gasteiger partial charge < -0.3 is 16.8 Å². The molecule has 0 bridgehead atoms. The molecule has 162 valence electrons. The van der Waals surface area contributed by atoms with E-state index in [2.05, 4.69) is 30.2 Å². The van der Waals surface area contributed by atoms with Crippen LogP contribution in [0.4, 0.5) is 23.1 Å². The number of sulfonamides is 1. The second-order valence-electron chi connectivity index (χ2n) is 6.02. The Bertz CT molecular complexity index is 1150. The molecule has 0 spiro atoms. The zero-order valence-corrected chi connectivity index (χ0v) is 18.2. The zero-order valence-electron chi connectivity index (χ0n) is 15.8. The van der Waals surface area contributed by atoms with Gasteiger partial charge >= 0.3 is 0 Å². The Balaban J connectivity index is 1.53. The molecule has 0 atom stereocenters. The third kappa shape index (κ3) is 6.67. The summed E-state index contributed by atoms with van der Waals surface area (Å²) in [7, 11) is -3.87. The highest BCUT2D eigenvalue weighted by Crippen LogP contribution is 2.19. The summed E-state index contributed by atoms with van der Waals surface area (Å²) in [5.41, 5.74) is 11.7. The van der Waals surface area contributed by atoms with Crippen LogP contribution in [0.2, 0.25) is 5.15 Å². The number of hydrogen-bond acceptors (Lipinski definition) is 10. The summed E-state index contributed by atoms with van der Waals surface area (Å²) in [6.07, 6.45) is 0.180. The van der Waals surface area contributed by atoms with E-state index in [9.17, 15) is 13.2 Å². The van der Waals surface area contributed by atoms with Crippen molar-refractivity contribution in [3.8, 4) is 0 Å². The summed E-state index contributed by atoms with van der Waals surface area (Å²) >= 11 is 6.88. The molecule has 0 saturated heterocycles. The molecular weight excluding hydrogens is 464 g/mol. The number of nitrogen functional groups attached to an aromatic ring is 2. The number of halogens is 1. The van der Waals surface area contributed by atoms with Gasteiger partial charge in [-0.2, -0.15) is 0 Å². The highest BCUT2D eigenvalue weighted by atomic mass is 35.5. The number of rotatable bonds is 8. The summed E-state index contributed by atoms with van der Waals surface area (Å²) < 4.78 is 27.1. The fraction of sp³-hybridized carbons (Fsp3) is 0.118. The molecule has 0 radical (unpaired) electrons. The van der Waals surface area contributed by atoms with E-state index in [0.29, 0.717) is 16.6 Å². The summed E-state index contributed by atoms with van der Waals surface area (Å²) in [4.78, 5) is 20.2. The van der Waals surface area contributed by atoms with E-state index in [1.165, 1.54) is 54.2 Å². The molecule has 0 aliphatic heterocycles. The number of nitrogens with one attached hydrogen (secondary N) is 2. The summed E-state index contributed by atoms with van der Waals surface area (Å²) in [5, 5.41) is 10.4. The molecule has 0 aliphatic carbocycles. The fourth-order valence-electron chi connectivity index (χ4n) is 2.27. The van der Waals surface area contributed by atoms with Crippen LogP contribution in [0.25, 0.3) is 0 Å². The van der Waals surface area contributed by atoms with Crippen LogP contribution in [-0.2, 0) is 14.8 Å². The highest BCUT2D eigenvalue weighted by molar-refractivity contribution is 7.99. The van der Waals surface area contributed by atoms with Crippen LogP contribution in [0.3, 0.4) is 0 Å². The zero-order chi connectivity index (χ0) is 22.4. The van der Waals surface area contributed by atoms with Crippen molar-refractivity contribution in [2.45, 2.75) is 16.5 Å². The summed E-state index contributed by atoms with van der Waals surface area (Å²) in [6.45, 7) is 0. The number of nitrogens with two attached hydrogens (primary N) is 2. The van der Waals surface area contributed by atoms with Gasteiger partial charge in [0.1, 0.15) is 11.6 Å². The Morgan fingerprint density at radius 1 is 1.03 bits per heavy atom. The number of carbonyl (C=O) groups excluding carboxylic acids is 1. The maximum absolute atomic E-state index is 12.4. The molecule has 0 saturated carbocycles. The average Bonchev–Trinajstić information content (AvgIpc) is 2.69. The molecule has 2 heterocycles. The molecule has 14 heteroatoms. The van der Waals surface area contributed by atoms with Crippen LogP contribution in [-0.4, -0.2) is 40.2 Å². The molecule has 1 aromatic carbocycles. The molecule has 11 nitrogen and oxygen atoms in total. The maximum Gasteiger partial charge on any atom is 0.263 e. The van der Waals surface area contributed by atoms with Crippen molar-refractivity contribution < 1.29 is 13.2 Å². The first-order valence-electron chi connectivity index (χ1n) is 8.66. The second-order valence-corrected chi connectivity index (χ2v) is 9.15. The van der Waals surface area contributed by atoms with Gasteiger partial charge in [0.05, 0.1) is 4.90 Å². The fourth-order valence-corrected chi connectivity index (χ4v) is 4.18. The Morgan fingerprint density at radius 2 is 1.71 bits per heavy atom. The van der Waals surface area contributed by atoms with E-state index >= 15 is 0 Å². The maximum atomic E-state index is 12.4. The van der Waals surface area contributed by atoms with Gasteiger partial charge in [-0.1, -0.05) is 23.4 Å². The van der Waals surface area contributed by atoms with Crippen LogP contribution < -0.4 is 21.5 Å². The number of carbonyl (C=O) groups is 1. The van der Waals surface area contributed by atoms with Crippen LogP contribution in [0, 0.1) is 0 Å². The van der Waals surface area contributed by atoms with Gasteiger partial charge in [-0.05, 0) is 36.4 Å². The van der Waals surface area contributed by atoms with Crippen molar-refractivity contribution in [2.24, 2.45) is 0 Å². The van der Waals surface area contributed by atoms with E-state index in [-0.39, 0.29) is 39.8 Å². The van der Waals surface area contributed by atoms with Gasteiger partial charge in [-0.25, -0.2) is 18.4 Å². The lowest BCUT2D eigenvalue weighted by Crippen LogP contribution is -2.15. The number of benzene rings is 1. The Hall–Kier alpha value is -3.16. The molecule has 3 rings (SSSR count). The normalized spacial score (nSPS) is 11.1. The van der Waals surface area contributed by atoms with Gasteiger partial charge in [0.2, 0.25) is 5.91 Å². The van der Waals surface area contributed by atoms with Crippen LogP contribution in [0.1, 0.15) is 6.42 Å². The van der Waals surface area contributed by atoms with Crippen molar-refractivity contribution in [1.29, 1.82) is 0 Å². The minimum Gasteiger partial charge on any atom is -0.383 e. The van der Waals surface area contributed by atoms with Gasteiger partial charge in [0, 0.05) is 23.9 Å². The first kappa shape index (κ1) is 22.5. The molecule has 0 fully saturated rings. The third-order valence-corrected chi connectivity index (χ3v) is 6.05. The number of amides is 1. The van der Waals surface area contributed by atoms with Crippen molar-refractivity contribution in [3.05, 3.63) is 47.6 Å². The first-order valence-corrected chi connectivity index (χ1v) is 11.5. The lowest BCUT2D eigenvalue weighted by Gasteiger charge is -2.09. The number of hydrogen-bond donors (Lipinski definition) is 4. The van der Waals surface area contributed by atoms with E-state index in [0.717, 1.165) is 0 Å². The van der Waals surface area contributed by atoms with Crippen molar-refractivity contribution in [1.82, 2.24) is 20.2 Å². The quantitative estimate of drug-likeness (QED) is 0.275. The lowest BCUT2D eigenvalue weighted by atomic mass is 10.3. The smallest absolute Gasteiger partial charge is 0.263 e. The van der Waals surface area contributed by atoms with E-state index in [1.807, 2.05) is 0 Å². The average molecular weight is 481 g/mol. The van der Waals surface area contributed by atoms with Crippen LogP contribution in [0.5, 0.6) is 0 Å². The van der Waals surface area contributed by atoms with Crippen molar-refractivity contribution >= 4 is 62.4 Å². The molecule has 3 aromatic rings. The Kier molecular flexibility index (Phi) is 7.09. The van der Waals surface area contributed by atoms with E-state index in [1.54, 1.807) is 0 Å². The molecule has 1 amide bonds. The standard InChI is InChI=1S/C17H17ClN8O3S2/c18-12-5-6-15(25-24-12)26-31(28,29)11-3-1-10(2-4-11)21-16(27)7-8-30-17-22-13(19)9-14(20)23-17/h1-6,9H,7-8H2,(H,21,27)(H,25,26)(H4,19,20,22,23). The first-order chi connectivity index (χ1) is 14.7. The highest BCUT2D eigenvalue weighted by Gasteiger charge is 2.15. The van der Waals surface area contributed by atoms with Crippen LogP contribution in [0.15, 0.2) is 52.5 Å². The summed E-state index contributed by atoms with van der Waals surface area (Å²) in [6, 6.07) is 9.93. The third-order valence-electron chi connectivity index (χ3n) is 3.62. The molecule has 0 aliphatic rings. The van der Waals surface area contributed by atoms with Crippen molar-refractivity contribution in [2.75, 3.05) is 27.3 Å². The predicted molar refractivity (Wildman–Crippen MR) is 119 cm³/mol. The van der Waals surface area contributed by atoms with Gasteiger partial charge in [-0.15, -0.1) is 10.2 Å². The van der Waals surface area contributed by atoms with Gasteiger partial charge in [-0.3, -0.25) is 9.52 Å². The number of aromatic nitrogens is 4. The minimum atomic E-state index is -3.87. The molecule has 0 unspecified atom stereocenters. The monoisotopic (exact) mass is 480 g/mol. The van der Waals surface area contributed by atoms with E-state index in [4.69, 9.17) is 23.1 Å². The molecular formula is C17H17ClN8O3S2. The second kappa shape index (κ2) is 9.76. The van der Waals surface area contributed by atoms with E-state index < -0.39 is 10.0 Å². The Morgan fingerprint density at radius 3 is 2.32 bits per heavy atom. The number of anilines is 4. The molecule has 31 heavy (non-hydrogen) atoms. The predicted octanol–water partition coefficient (Wildman–Crippen LogP) is 2.01. The van der Waals surface area contributed by atoms with Crippen molar-refractivity contribution in [3.63, 3.8) is 0 Å². The van der Waals surface area contributed by atoms with Gasteiger partial charge in [0.25, 0.3) is 10.0 Å². The largest absolute Gasteiger partial charge is 0.383 e. The van der Waals surface area contributed by atoms with Crippen LogP contribution >= 0.6 is 23.4 Å². The van der Waals surface area contributed by atoms with Gasteiger partial charge in [0.15, 0.2) is 16.1 Å². The number of nitrogens with zero attached hydrogens (tertiary/aromatic N) is 4. The molecule has 6 N–H and O–H groups in total. The Labute approximate surface area is 187 Å². The summed E-state index contributed by atoms with van der Waals surface area (Å²) in [5.74, 6) is 0.701. The lowest BCUT2D eigenvalue weighted by molar-refractivity contribution is -0.115. The SMILES string of the molecule is Nc1cc(N)nc(SCCC(=O)Nc2ccc(S(=O)(=O)Nc3ccc(Cl)nn3)cc2)n1. The minimum absolute atomic E-state index is 0.00536.